The summed E-state index contributed by atoms with van der Waals surface area (Å²) in [5.41, 5.74) is 0.0985. The highest BCUT2D eigenvalue weighted by Gasteiger charge is 2.18. The van der Waals surface area contributed by atoms with Crippen molar-refractivity contribution in [2.45, 2.75) is 6.42 Å². The lowest BCUT2D eigenvalue weighted by atomic mass is 10.1. The summed E-state index contributed by atoms with van der Waals surface area (Å²) >= 11 is 0. The molecular formula is C11H13NO4. The molecule has 1 fully saturated rings. The molecule has 1 aromatic rings. The molecule has 5 heteroatoms. The molecule has 0 bridgehead atoms. The van der Waals surface area contributed by atoms with Gasteiger partial charge in [0.2, 0.25) is 5.88 Å². The average Bonchev–Trinajstić information content (AvgIpc) is 2.79. The predicted octanol–water partition coefficient (Wildman–Crippen LogP) is 1.20. The topological polar surface area (TPSA) is 68.7 Å². The molecular weight excluding hydrogens is 210 g/mol. The largest absolute Gasteiger partial charge is 0.477 e. The van der Waals surface area contributed by atoms with Gasteiger partial charge in [-0.2, -0.15) is 0 Å². The summed E-state index contributed by atoms with van der Waals surface area (Å²) in [5.74, 6) is -0.503. The fourth-order valence-electron chi connectivity index (χ4n) is 1.58. The lowest BCUT2D eigenvalue weighted by Gasteiger charge is -2.10. The van der Waals surface area contributed by atoms with Gasteiger partial charge in [0.15, 0.2) is 0 Å². The third-order valence-corrected chi connectivity index (χ3v) is 2.48. The van der Waals surface area contributed by atoms with Gasteiger partial charge in [0.05, 0.1) is 13.2 Å². The number of rotatable bonds is 4. The number of pyridine rings is 1. The first kappa shape index (κ1) is 10.9. The van der Waals surface area contributed by atoms with E-state index >= 15 is 0 Å². The van der Waals surface area contributed by atoms with E-state index in [9.17, 15) is 4.79 Å². The third kappa shape index (κ3) is 2.49. The number of carboxylic acid groups (broad SMARTS) is 1. The molecule has 1 saturated heterocycles. The van der Waals surface area contributed by atoms with Crippen molar-refractivity contribution >= 4 is 5.97 Å². The van der Waals surface area contributed by atoms with E-state index < -0.39 is 5.97 Å². The van der Waals surface area contributed by atoms with Crippen LogP contribution in [0.2, 0.25) is 0 Å². The first-order chi connectivity index (χ1) is 7.77. The lowest BCUT2D eigenvalue weighted by molar-refractivity contribution is 0.0689. The predicted molar refractivity (Wildman–Crippen MR) is 55.6 cm³/mol. The van der Waals surface area contributed by atoms with Crippen molar-refractivity contribution in [3.05, 3.63) is 23.9 Å². The molecule has 1 aliphatic heterocycles. The molecule has 1 N–H and O–H groups in total. The van der Waals surface area contributed by atoms with Gasteiger partial charge < -0.3 is 14.6 Å². The number of carboxylic acids is 1. The molecule has 1 atom stereocenters. The van der Waals surface area contributed by atoms with Gasteiger partial charge in [0, 0.05) is 18.7 Å². The molecule has 0 aromatic carbocycles. The first-order valence-corrected chi connectivity index (χ1v) is 5.16. The molecule has 2 heterocycles. The lowest BCUT2D eigenvalue weighted by Crippen LogP contribution is -2.14. The monoisotopic (exact) mass is 223 g/mol. The van der Waals surface area contributed by atoms with E-state index in [1.165, 1.54) is 12.3 Å². The van der Waals surface area contributed by atoms with Crippen LogP contribution in [-0.4, -0.2) is 35.9 Å². The summed E-state index contributed by atoms with van der Waals surface area (Å²) in [4.78, 5) is 14.8. The summed E-state index contributed by atoms with van der Waals surface area (Å²) in [6.07, 6.45) is 2.47. The zero-order chi connectivity index (χ0) is 11.4. The molecule has 0 unspecified atom stereocenters. The normalized spacial score (nSPS) is 19.6. The quantitative estimate of drug-likeness (QED) is 0.830. The van der Waals surface area contributed by atoms with Gasteiger partial charge in [-0.15, -0.1) is 0 Å². The van der Waals surface area contributed by atoms with Crippen molar-refractivity contribution in [2.75, 3.05) is 19.8 Å². The van der Waals surface area contributed by atoms with E-state index in [4.69, 9.17) is 14.6 Å². The molecule has 1 aromatic heterocycles. The number of carbonyl (C=O) groups is 1. The Balaban J connectivity index is 2.00. The third-order valence-electron chi connectivity index (χ3n) is 2.48. The van der Waals surface area contributed by atoms with Crippen LogP contribution in [0.5, 0.6) is 5.88 Å². The van der Waals surface area contributed by atoms with Gasteiger partial charge >= 0.3 is 5.97 Å². The second-order valence-electron chi connectivity index (χ2n) is 3.70. The Morgan fingerprint density at radius 1 is 1.69 bits per heavy atom. The highest BCUT2D eigenvalue weighted by atomic mass is 16.5. The van der Waals surface area contributed by atoms with Crippen molar-refractivity contribution in [1.82, 2.24) is 4.98 Å². The SMILES string of the molecule is O=C(O)c1cccnc1OC[C@H]1CCOC1. The van der Waals surface area contributed by atoms with Crippen molar-refractivity contribution < 1.29 is 19.4 Å². The molecule has 0 saturated carbocycles. The fraction of sp³-hybridized carbons (Fsp3) is 0.455. The maximum atomic E-state index is 10.9. The first-order valence-electron chi connectivity index (χ1n) is 5.16. The summed E-state index contributed by atoms with van der Waals surface area (Å²) in [6.45, 7) is 1.88. The molecule has 2 rings (SSSR count). The smallest absolute Gasteiger partial charge is 0.341 e. The zero-order valence-electron chi connectivity index (χ0n) is 8.76. The van der Waals surface area contributed by atoms with E-state index in [0.717, 1.165) is 13.0 Å². The number of hydrogen-bond donors (Lipinski definition) is 1. The van der Waals surface area contributed by atoms with Crippen LogP contribution in [0.1, 0.15) is 16.8 Å². The number of aromatic carboxylic acids is 1. The van der Waals surface area contributed by atoms with Crippen LogP contribution >= 0.6 is 0 Å². The molecule has 5 nitrogen and oxygen atoms in total. The second kappa shape index (κ2) is 4.94. The van der Waals surface area contributed by atoms with E-state index in [2.05, 4.69) is 4.98 Å². The number of nitrogens with zero attached hydrogens (tertiary/aromatic N) is 1. The molecule has 0 aliphatic carbocycles. The number of ether oxygens (including phenoxy) is 2. The van der Waals surface area contributed by atoms with Crippen LogP contribution in [-0.2, 0) is 4.74 Å². The van der Waals surface area contributed by atoms with Crippen molar-refractivity contribution in [2.24, 2.45) is 5.92 Å². The highest BCUT2D eigenvalue weighted by molar-refractivity contribution is 5.90. The Bertz CT molecular complexity index is 374. The Morgan fingerprint density at radius 3 is 3.25 bits per heavy atom. The van der Waals surface area contributed by atoms with Crippen LogP contribution in [0.4, 0.5) is 0 Å². The molecule has 0 spiro atoms. The molecule has 1 aliphatic rings. The zero-order valence-corrected chi connectivity index (χ0v) is 8.76. The van der Waals surface area contributed by atoms with Crippen LogP contribution in [0, 0.1) is 5.92 Å². The summed E-state index contributed by atoms with van der Waals surface area (Å²) in [6, 6.07) is 3.06. The highest BCUT2D eigenvalue weighted by Crippen LogP contribution is 2.18. The van der Waals surface area contributed by atoms with Gasteiger partial charge in [-0.05, 0) is 18.6 Å². The average molecular weight is 223 g/mol. The van der Waals surface area contributed by atoms with Gasteiger partial charge in [-0.3, -0.25) is 0 Å². The van der Waals surface area contributed by atoms with Gasteiger partial charge in [0.1, 0.15) is 5.56 Å². The number of aromatic nitrogens is 1. The minimum absolute atomic E-state index is 0.0985. The van der Waals surface area contributed by atoms with E-state index in [1.54, 1.807) is 6.07 Å². The summed E-state index contributed by atoms with van der Waals surface area (Å²) < 4.78 is 10.6. The van der Waals surface area contributed by atoms with E-state index in [-0.39, 0.29) is 11.4 Å². The Labute approximate surface area is 93.0 Å². The standard InChI is InChI=1S/C11H13NO4/c13-11(14)9-2-1-4-12-10(9)16-7-8-3-5-15-6-8/h1-2,4,8H,3,5-7H2,(H,13,14)/t8-/m0/s1. The molecule has 86 valence electrons. The van der Waals surface area contributed by atoms with Gasteiger partial charge in [-0.25, -0.2) is 9.78 Å². The van der Waals surface area contributed by atoms with Crippen LogP contribution in [0.25, 0.3) is 0 Å². The van der Waals surface area contributed by atoms with Crippen LogP contribution in [0.15, 0.2) is 18.3 Å². The van der Waals surface area contributed by atoms with E-state index in [1.807, 2.05) is 0 Å². The minimum Gasteiger partial charge on any atom is -0.477 e. The van der Waals surface area contributed by atoms with Crippen molar-refractivity contribution in [3.8, 4) is 5.88 Å². The fourth-order valence-corrected chi connectivity index (χ4v) is 1.58. The second-order valence-corrected chi connectivity index (χ2v) is 3.70. The van der Waals surface area contributed by atoms with Gasteiger partial charge in [-0.1, -0.05) is 0 Å². The van der Waals surface area contributed by atoms with Crippen molar-refractivity contribution in [1.29, 1.82) is 0 Å². The summed E-state index contributed by atoms with van der Waals surface area (Å²) in [7, 11) is 0. The van der Waals surface area contributed by atoms with Crippen molar-refractivity contribution in [3.63, 3.8) is 0 Å². The Morgan fingerprint density at radius 2 is 2.56 bits per heavy atom. The number of hydrogen-bond acceptors (Lipinski definition) is 4. The maximum Gasteiger partial charge on any atom is 0.341 e. The van der Waals surface area contributed by atoms with Crippen LogP contribution < -0.4 is 4.74 Å². The Hall–Kier alpha value is -1.62. The maximum absolute atomic E-state index is 10.9. The molecule has 16 heavy (non-hydrogen) atoms. The molecule has 0 amide bonds. The van der Waals surface area contributed by atoms with E-state index in [0.29, 0.717) is 19.1 Å². The van der Waals surface area contributed by atoms with Gasteiger partial charge in [0.25, 0.3) is 0 Å². The Kier molecular flexibility index (Phi) is 3.36. The summed E-state index contributed by atoms with van der Waals surface area (Å²) in [5, 5.41) is 8.91. The van der Waals surface area contributed by atoms with Crippen LogP contribution in [0.3, 0.4) is 0 Å². The minimum atomic E-state index is -1.02. The molecule has 0 radical (unpaired) electrons.